The van der Waals surface area contributed by atoms with Gasteiger partial charge in [0.2, 0.25) is 10.0 Å². The predicted octanol–water partition coefficient (Wildman–Crippen LogP) is 6.43. The lowest BCUT2D eigenvalue weighted by Crippen LogP contribution is -2.56. The molecule has 8 rings (SSSR count). The molecule has 0 radical (unpaired) electrons. The number of hydrogen-bond acceptors (Lipinski definition) is 8. The molecular formula is C38H31F2N7O4S. The first kappa shape index (κ1) is 33.2. The molecule has 1 amide bonds. The Kier molecular flexibility index (Phi) is 7.56. The molecule has 1 aliphatic heterocycles. The van der Waals surface area contributed by atoms with Crippen molar-refractivity contribution in [1.29, 1.82) is 5.26 Å². The van der Waals surface area contributed by atoms with E-state index < -0.39 is 27.4 Å². The largest absolute Gasteiger partial charge is 0.455 e. The second-order valence-corrected chi connectivity index (χ2v) is 15.4. The van der Waals surface area contributed by atoms with E-state index in [1.807, 2.05) is 21.4 Å². The zero-order valence-corrected chi connectivity index (χ0v) is 29.3. The number of aromatic nitrogens is 3. The Morgan fingerprint density at radius 2 is 1.81 bits per heavy atom. The van der Waals surface area contributed by atoms with E-state index in [4.69, 9.17) is 14.4 Å². The van der Waals surface area contributed by atoms with Crippen LogP contribution in [0.15, 0.2) is 77.2 Å². The van der Waals surface area contributed by atoms with E-state index in [-0.39, 0.29) is 35.7 Å². The van der Waals surface area contributed by atoms with E-state index >= 15 is 0 Å². The summed E-state index contributed by atoms with van der Waals surface area (Å²) in [6.45, 7) is 2.47. The molecule has 7 aromatic rings. The summed E-state index contributed by atoms with van der Waals surface area (Å²) >= 11 is 0. The molecule has 4 aromatic heterocycles. The van der Waals surface area contributed by atoms with Gasteiger partial charge in [-0.25, -0.2) is 27.2 Å². The van der Waals surface area contributed by atoms with Gasteiger partial charge in [0.1, 0.15) is 34.2 Å². The number of nitriles is 1. The summed E-state index contributed by atoms with van der Waals surface area (Å²) in [6, 6.07) is 21.8. The van der Waals surface area contributed by atoms with Crippen molar-refractivity contribution in [2.45, 2.75) is 19.1 Å². The third kappa shape index (κ3) is 5.40. The van der Waals surface area contributed by atoms with Gasteiger partial charge >= 0.3 is 0 Å². The van der Waals surface area contributed by atoms with Crippen molar-refractivity contribution in [3.63, 3.8) is 0 Å². The van der Waals surface area contributed by atoms with Crippen LogP contribution < -0.4 is 9.62 Å². The molecule has 14 heteroatoms. The molecule has 1 saturated heterocycles. The smallest absolute Gasteiger partial charge is 0.255 e. The fourth-order valence-electron chi connectivity index (χ4n) is 7.09. The molecule has 0 spiro atoms. The number of amides is 1. The van der Waals surface area contributed by atoms with Gasteiger partial charge in [0.15, 0.2) is 0 Å². The van der Waals surface area contributed by atoms with Crippen LogP contribution in [-0.4, -0.2) is 72.7 Å². The van der Waals surface area contributed by atoms with Gasteiger partial charge < -0.3 is 9.73 Å². The normalized spacial score (nSPS) is 14.6. The summed E-state index contributed by atoms with van der Waals surface area (Å²) in [4.78, 5) is 25.4. The average molecular weight is 720 g/mol. The Bertz CT molecular complexity index is 2780. The highest BCUT2D eigenvalue weighted by Crippen LogP contribution is 2.42. The molecule has 11 nitrogen and oxygen atoms in total. The number of nitrogens with one attached hydrogen (secondary N) is 1. The van der Waals surface area contributed by atoms with Crippen LogP contribution in [0.25, 0.3) is 61.0 Å². The van der Waals surface area contributed by atoms with Gasteiger partial charge in [0.25, 0.3) is 5.91 Å². The first-order valence-corrected chi connectivity index (χ1v) is 18.2. The highest BCUT2D eigenvalue weighted by Gasteiger charge is 2.39. The number of hydrogen-bond donors (Lipinski definition) is 1. The van der Waals surface area contributed by atoms with Crippen molar-refractivity contribution >= 4 is 60.0 Å². The number of sulfonamides is 1. The topological polar surface area (TPSA) is 137 Å². The Morgan fingerprint density at radius 3 is 2.48 bits per heavy atom. The van der Waals surface area contributed by atoms with Crippen molar-refractivity contribution in [2.75, 3.05) is 37.7 Å². The third-order valence-corrected chi connectivity index (χ3v) is 10.7. The quantitative estimate of drug-likeness (QED) is 0.199. The van der Waals surface area contributed by atoms with Gasteiger partial charge in [-0.05, 0) is 67.6 Å². The highest BCUT2D eigenvalue weighted by molar-refractivity contribution is 7.92. The lowest BCUT2D eigenvalue weighted by atomic mass is 9.99. The molecule has 0 unspecified atom stereocenters. The van der Waals surface area contributed by atoms with E-state index in [0.29, 0.717) is 62.1 Å². The number of nitrogens with zero attached hydrogens (tertiary/aromatic N) is 6. The number of benzene rings is 3. The number of carbonyl (C=O) groups is 1. The zero-order valence-electron chi connectivity index (χ0n) is 28.5. The molecule has 0 aliphatic carbocycles. The maximum Gasteiger partial charge on any atom is 0.255 e. The zero-order chi connectivity index (χ0) is 36.7. The number of furan rings is 1. The Hall–Kier alpha value is -5.91. The van der Waals surface area contributed by atoms with E-state index in [1.54, 1.807) is 43.3 Å². The number of anilines is 1. The van der Waals surface area contributed by atoms with E-state index in [0.717, 1.165) is 16.1 Å². The molecule has 1 aliphatic rings. The monoisotopic (exact) mass is 719 g/mol. The molecule has 0 atom stereocenters. The fourth-order valence-corrected chi connectivity index (χ4v) is 7.59. The van der Waals surface area contributed by atoms with Crippen molar-refractivity contribution in [3.8, 4) is 28.7 Å². The Balaban J connectivity index is 1.40. The van der Waals surface area contributed by atoms with Crippen molar-refractivity contribution in [3.05, 3.63) is 95.6 Å². The van der Waals surface area contributed by atoms with Crippen LogP contribution in [0.1, 0.15) is 28.7 Å². The van der Waals surface area contributed by atoms with Crippen LogP contribution in [0.4, 0.5) is 14.5 Å². The van der Waals surface area contributed by atoms with Crippen LogP contribution in [0.3, 0.4) is 0 Å². The maximum atomic E-state index is 14.5. The standard InChI is InChI=1S/C38H31F2N7O4S/c1-38(40)19-46(20-38)18-33-43-28-13-12-27(44-35(28)31-15-24-22(17-41)6-5-7-29(24)47(31)33)25-14-26-32(16-30(25)45(3)52(4,49)50)51-36(34(26)37(48)42-2)21-8-10-23(39)11-9-21/h5-16H,18-20H2,1-4H3,(H,42,48). The van der Waals surface area contributed by atoms with Gasteiger partial charge in [-0.2, -0.15) is 5.26 Å². The van der Waals surface area contributed by atoms with Crippen LogP contribution in [0.5, 0.6) is 0 Å². The third-order valence-electron chi connectivity index (χ3n) is 9.54. The minimum atomic E-state index is -3.80. The number of fused-ring (bicyclic) bond motifs is 6. The average Bonchev–Trinajstić information content (AvgIpc) is 3.69. The first-order chi connectivity index (χ1) is 24.8. The molecular weight excluding hydrogens is 689 g/mol. The number of pyridine rings is 1. The summed E-state index contributed by atoms with van der Waals surface area (Å²) in [5.74, 6) is -0.0743. The lowest BCUT2D eigenvalue weighted by Gasteiger charge is -2.42. The summed E-state index contributed by atoms with van der Waals surface area (Å²) < 4.78 is 63.5. The first-order valence-electron chi connectivity index (χ1n) is 16.3. The van der Waals surface area contributed by atoms with Crippen LogP contribution in [0.2, 0.25) is 0 Å². The maximum absolute atomic E-state index is 14.5. The van der Waals surface area contributed by atoms with E-state index in [1.165, 1.54) is 38.4 Å². The minimum Gasteiger partial charge on any atom is -0.455 e. The number of rotatable bonds is 7. The van der Waals surface area contributed by atoms with E-state index in [9.17, 15) is 27.3 Å². The van der Waals surface area contributed by atoms with Gasteiger partial charge in [0, 0.05) is 55.2 Å². The van der Waals surface area contributed by atoms with Crippen molar-refractivity contribution in [1.82, 2.24) is 24.6 Å². The number of halogens is 2. The van der Waals surface area contributed by atoms with Gasteiger partial charge in [-0.1, -0.05) is 6.07 Å². The summed E-state index contributed by atoms with van der Waals surface area (Å²) in [5.41, 5.74) is 3.52. The van der Waals surface area contributed by atoms with Gasteiger partial charge in [-0.3, -0.25) is 18.4 Å². The Labute approximate surface area is 296 Å². The lowest BCUT2D eigenvalue weighted by molar-refractivity contribution is -0.0240. The minimum absolute atomic E-state index is 0.186. The molecule has 0 saturated carbocycles. The predicted molar refractivity (Wildman–Crippen MR) is 195 cm³/mol. The second kappa shape index (κ2) is 11.8. The SMILES string of the molecule is CNC(=O)c1c(-c2ccc(F)cc2)oc2cc(N(C)S(C)(=O)=O)c(-c3ccc4nc(CN5CC(C)(F)C5)n5c6cccc(C#N)c6cc5c4n3)cc12. The second-order valence-electron chi connectivity index (χ2n) is 13.4. The molecule has 3 aromatic carbocycles. The number of carbonyl (C=O) groups excluding carboxylic acids is 1. The summed E-state index contributed by atoms with van der Waals surface area (Å²) in [6.07, 6.45) is 1.08. The molecule has 52 heavy (non-hydrogen) atoms. The molecule has 262 valence electrons. The number of alkyl halides is 1. The van der Waals surface area contributed by atoms with Crippen molar-refractivity contribution < 1.29 is 26.4 Å². The highest BCUT2D eigenvalue weighted by atomic mass is 32.2. The summed E-state index contributed by atoms with van der Waals surface area (Å²) in [7, 11) is -0.899. The van der Waals surface area contributed by atoms with Crippen LogP contribution in [0, 0.1) is 17.1 Å². The van der Waals surface area contributed by atoms with Crippen LogP contribution >= 0.6 is 0 Å². The van der Waals surface area contributed by atoms with Gasteiger partial charge in [0.05, 0.1) is 57.9 Å². The summed E-state index contributed by atoms with van der Waals surface area (Å²) in [5, 5.41) is 13.7. The Morgan fingerprint density at radius 1 is 1.06 bits per heavy atom. The van der Waals surface area contributed by atoms with Gasteiger partial charge in [-0.15, -0.1) is 0 Å². The molecule has 0 bridgehead atoms. The fraction of sp³-hybridized carbons (Fsp3) is 0.211. The molecule has 1 N–H and O–H groups in total. The van der Waals surface area contributed by atoms with E-state index in [2.05, 4.69) is 11.4 Å². The number of likely N-dealkylation sites (tertiary alicyclic amines) is 1. The molecule has 1 fully saturated rings. The molecule has 5 heterocycles. The van der Waals surface area contributed by atoms with Crippen molar-refractivity contribution in [2.24, 2.45) is 0 Å². The van der Waals surface area contributed by atoms with Crippen LogP contribution in [-0.2, 0) is 16.6 Å².